The maximum atomic E-state index is 12.3. The van der Waals surface area contributed by atoms with Crippen molar-refractivity contribution in [1.82, 2.24) is 15.1 Å². The maximum Gasteiger partial charge on any atom is 0.330 e. The summed E-state index contributed by atoms with van der Waals surface area (Å²) in [6.07, 6.45) is 1.67. The standard InChI is InChI=1S/C16H18ClN3O4/c1-9(2)20-7-6-12(19-20)15(21)18-14(16(22)23)10-4-5-13(24-3)11(17)8-10/h4-9,14H,1-3H3,(H,18,21)(H,22,23). The predicted octanol–water partition coefficient (Wildman–Crippen LogP) is 2.68. The fourth-order valence-electron chi connectivity index (χ4n) is 2.10. The number of carbonyl (C=O) groups excluding carboxylic acids is 1. The summed E-state index contributed by atoms with van der Waals surface area (Å²) in [4.78, 5) is 23.8. The first-order valence-electron chi connectivity index (χ1n) is 7.25. The summed E-state index contributed by atoms with van der Waals surface area (Å²) in [5, 5.41) is 16.3. The van der Waals surface area contributed by atoms with Crippen LogP contribution in [0.5, 0.6) is 5.75 Å². The monoisotopic (exact) mass is 351 g/mol. The van der Waals surface area contributed by atoms with Gasteiger partial charge in [0.1, 0.15) is 11.4 Å². The second-order valence-electron chi connectivity index (χ2n) is 5.41. The Morgan fingerprint density at radius 2 is 2.04 bits per heavy atom. The van der Waals surface area contributed by atoms with E-state index in [2.05, 4.69) is 10.4 Å². The van der Waals surface area contributed by atoms with Crippen molar-refractivity contribution in [3.05, 3.63) is 46.7 Å². The van der Waals surface area contributed by atoms with Gasteiger partial charge in [-0.2, -0.15) is 5.10 Å². The van der Waals surface area contributed by atoms with Crippen molar-refractivity contribution in [3.63, 3.8) is 0 Å². The minimum absolute atomic E-state index is 0.0993. The molecule has 0 radical (unpaired) electrons. The Bertz CT molecular complexity index is 758. The lowest BCUT2D eigenvalue weighted by molar-refractivity contribution is -0.139. The van der Waals surface area contributed by atoms with E-state index in [1.165, 1.54) is 25.3 Å². The van der Waals surface area contributed by atoms with Crippen LogP contribution in [0.3, 0.4) is 0 Å². The number of ether oxygens (including phenoxy) is 1. The van der Waals surface area contributed by atoms with Gasteiger partial charge < -0.3 is 15.2 Å². The second kappa shape index (κ2) is 7.35. The number of nitrogens with zero attached hydrogens (tertiary/aromatic N) is 2. The van der Waals surface area contributed by atoms with Gasteiger partial charge in [-0.05, 0) is 37.6 Å². The Morgan fingerprint density at radius 1 is 1.33 bits per heavy atom. The van der Waals surface area contributed by atoms with Gasteiger partial charge in [-0.1, -0.05) is 17.7 Å². The summed E-state index contributed by atoms with van der Waals surface area (Å²) in [5.41, 5.74) is 0.486. The number of nitrogens with one attached hydrogen (secondary N) is 1. The molecule has 1 amide bonds. The van der Waals surface area contributed by atoms with Crippen molar-refractivity contribution in [1.29, 1.82) is 0 Å². The molecule has 1 heterocycles. The van der Waals surface area contributed by atoms with Crippen molar-refractivity contribution >= 4 is 23.5 Å². The van der Waals surface area contributed by atoms with Crippen LogP contribution in [0.4, 0.5) is 0 Å². The molecule has 0 aliphatic rings. The molecule has 8 heteroatoms. The zero-order chi connectivity index (χ0) is 17.9. The number of hydrogen-bond acceptors (Lipinski definition) is 4. The molecule has 1 aromatic heterocycles. The van der Waals surface area contributed by atoms with Gasteiger partial charge in [-0.25, -0.2) is 4.79 Å². The average molecular weight is 352 g/mol. The molecular formula is C16H18ClN3O4. The first-order chi connectivity index (χ1) is 11.3. The van der Waals surface area contributed by atoms with Gasteiger partial charge >= 0.3 is 5.97 Å². The van der Waals surface area contributed by atoms with Crippen LogP contribution in [0.1, 0.15) is 42.0 Å². The molecule has 2 aromatic rings. The van der Waals surface area contributed by atoms with E-state index in [1.807, 2.05) is 13.8 Å². The van der Waals surface area contributed by atoms with E-state index in [-0.39, 0.29) is 16.8 Å². The summed E-state index contributed by atoms with van der Waals surface area (Å²) in [6.45, 7) is 3.85. The lowest BCUT2D eigenvalue weighted by Crippen LogP contribution is -2.34. The second-order valence-corrected chi connectivity index (χ2v) is 5.82. The lowest BCUT2D eigenvalue weighted by atomic mass is 10.1. The molecule has 1 atom stereocenters. The minimum Gasteiger partial charge on any atom is -0.495 e. The number of benzene rings is 1. The molecule has 1 unspecified atom stereocenters. The van der Waals surface area contributed by atoms with Gasteiger partial charge in [0.2, 0.25) is 0 Å². The van der Waals surface area contributed by atoms with Crippen LogP contribution < -0.4 is 10.1 Å². The first-order valence-corrected chi connectivity index (χ1v) is 7.63. The van der Waals surface area contributed by atoms with Gasteiger partial charge in [-0.3, -0.25) is 9.48 Å². The van der Waals surface area contributed by atoms with E-state index in [4.69, 9.17) is 16.3 Å². The Balaban J connectivity index is 2.23. The zero-order valence-electron chi connectivity index (χ0n) is 13.5. The number of aliphatic carboxylic acids is 1. The fraction of sp³-hybridized carbons (Fsp3) is 0.312. The number of halogens is 1. The highest BCUT2D eigenvalue weighted by Crippen LogP contribution is 2.28. The third-order valence-corrected chi connectivity index (χ3v) is 3.70. The number of methoxy groups -OCH3 is 1. The number of amides is 1. The number of rotatable bonds is 6. The highest BCUT2D eigenvalue weighted by molar-refractivity contribution is 6.32. The van der Waals surface area contributed by atoms with Gasteiger partial charge in [0.25, 0.3) is 5.91 Å². The summed E-state index contributed by atoms with van der Waals surface area (Å²) < 4.78 is 6.66. The van der Waals surface area contributed by atoms with E-state index < -0.39 is 17.9 Å². The van der Waals surface area contributed by atoms with E-state index in [1.54, 1.807) is 16.9 Å². The van der Waals surface area contributed by atoms with Crippen LogP contribution in [0.15, 0.2) is 30.5 Å². The third kappa shape index (κ3) is 3.86. The molecule has 0 saturated carbocycles. The molecule has 0 fully saturated rings. The Morgan fingerprint density at radius 3 is 2.54 bits per heavy atom. The molecule has 24 heavy (non-hydrogen) atoms. The molecule has 128 valence electrons. The number of carboxylic acids is 1. The number of carbonyl (C=O) groups is 2. The van der Waals surface area contributed by atoms with Crippen LogP contribution in [-0.2, 0) is 4.79 Å². The fourth-order valence-corrected chi connectivity index (χ4v) is 2.37. The van der Waals surface area contributed by atoms with Crippen molar-refractivity contribution in [2.75, 3.05) is 7.11 Å². The van der Waals surface area contributed by atoms with Crippen LogP contribution in [0.2, 0.25) is 5.02 Å². The lowest BCUT2D eigenvalue weighted by Gasteiger charge is -2.15. The van der Waals surface area contributed by atoms with Crippen molar-refractivity contribution in [2.45, 2.75) is 25.9 Å². The van der Waals surface area contributed by atoms with Crippen LogP contribution >= 0.6 is 11.6 Å². The van der Waals surface area contributed by atoms with Crippen LogP contribution in [-0.4, -0.2) is 33.9 Å². The summed E-state index contributed by atoms with van der Waals surface area (Å²) in [7, 11) is 1.46. The topological polar surface area (TPSA) is 93.5 Å². The molecule has 2 N–H and O–H groups in total. The van der Waals surface area contributed by atoms with Crippen LogP contribution in [0.25, 0.3) is 0 Å². The Labute approximate surface area is 144 Å². The number of carboxylic acid groups (broad SMARTS) is 1. The summed E-state index contributed by atoms with van der Waals surface area (Å²) in [5.74, 6) is -1.35. The van der Waals surface area contributed by atoms with E-state index in [9.17, 15) is 14.7 Å². The Hall–Kier alpha value is -2.54. The molecule has 1 aromatic carbocycles. The third-order valence-electron chi connectivity index (χ3n) is 3.40. The van der Waals surface area contributed by atoms with E-state index in [0.29, 0.717) is 11.3 Å². The Kier molecular flexibility index (Phi) is 5.46. The number of hydrogen-bond donors (Lipinski definition) is 2. The van der Waals surface area contributed by atoms with Gasteiger partial charge in [0, 0.05) is 12.2 Å². The van der Waals surface area contributed by atoms with Crippen molar-refractivity contribution < 1.29 is 19.4 Å². The molecule has 0 aliphatic carbocycles. The highest BCUT2D eigenvalue weighted by atomic mass is 35.5. The quantitative estimate of drug-likeness (QED) is 0.834. The molecule has 0 saturated heterocycles. The summed E-state index contributed by atoms with van der Waals surface area (Å²) in [6, 6.07) is 4.93. The normalized spacial score (nSPS) is 12.0. The van der Waals surface area contributed by atoms with E-state index in [0.717, 1.165) is 0 Å². The molecule has 0 spiro atoms. The van der Waals surface area contributed by atoms with Crippen molar-refractivity contribution in [3.8, 4) is 5.75 Å². The molecule has 2 rings (SSSR count). The predicted molar refractivity (Wildman–Crippen MR) is 88.5 cm³/mol. The smallest absolute Gasteiger partial charge is 0.330 e. The van der Waals surface area contributed by atoms with Gasteiger partial charge in [0.05, 0.1) is 12.1 Å². The summed E-state index contributed by atoms with van der Waals surface area (Å²) >= 11 is 6.02. The largest absolute Gasteiger partial charge is 0.495 e. The highest BCUT2D eigenvalue weighted by Gasteiger charge is 2.24. The van der Waals surface area contributed by atoms with E-state index >= 15 is 0 Å². The maximum absolute atomic E-state index is 12.3. The molecule has 7 nitrogen and oxygen atoms in total. The minimum atomic E-state index is -1.25. The first kappa shape index (κ1) is 17.8. The SMILES string of the molecule is COc1ccc(C(NC(=O)c2ccn(C(C)C)n2)C(=O)O)cc1Cl. The van der Waals surface area contributed by atoms with Crippen LogP contribution in [0, 0.1) is 0 Å². The molecular weight excluding hydrogens is 334 g/mol. The van der Waals surface area contributed by atoms with Gasteiger partial charge in [0.15, 0.2) is 6.04 Å². The van der Waals surface area contributed by atoms with Crippen molar-refractivity contribution in [2.24, 2.45) is 0 Å². The zero-order valence-corrected chi connectivity index (χ0v) is 14.2. The molecule has 0 aliphatic heterocycles. The number of aromatic nitrogens is 2. The van der Waals surface area contributed by atoms with Gasteiger partial charge in [-0.15, -0.1) is 0 Å². The average Bonchev–Trinajstić information content (AvgIpc) is 3.02. The molecule has 0 bridgehead atoms.